The number of ketones is 1. The van der Waals surface area contributed by atoms with Crippen molar-refractivity contribution in [2.75, 3.05) is 13.2 Å². The lowest BCUT2D eigenvalue weighted by atomic mass is 9.87. The van der Waals surface area contributed by atoms with Crippen molar-refractivity contribution in [3.8, 4) is 0 Å². The van der Waals surface area contributed by atoms with Gasteiger partial charge in [0.15, 0.2) is 30.4 Å². The van der Waals surface area contributed by atoms with Gasteiger partial charge in [0, 0.05) is 40.7 Å². The molecule has 2 fully saturated rings. The van der Waals surface area contributed by atoms with E-state index in [9.17, 15) is 24.0 Å². The Kier molecular flexibility index (Phi) is 11.9. The molecule has 0 amide bonds. The fourth-order valence-corrected chi connectivity index (χ4v) is 4.91. The zero-order valence-electron chi connectivity index (χ0n) is 21.7. The summed E-state index contributed by atoms with van der Waals surface area (Å²) in [6, 6.07) is 0. The van der Waals surface area contributed by atoms with Crippen LogP contribution in [-0.2, 0) is 57.1 Å². The standard InChI is InChI=1S/C24H35BrO12/c1-6-11-31-23(24(25)10-8-7-9-18(24)30)37-22-21(35-16(5)29)20(34-15(4)28)19(33-14(3)27)17(36-22)12-32-13(2)26/h17,19-23H,6-12H2,1-5H3/t17-,19-,20+,21-,22+,23+,24-/m1/s1. The van der Waals surface area contributed by atoms with Gasteiger partial charge < -0.3 is 33.2 Å². The van der Waals surface area contributed by atoms with Crippen LogP contribution < -0.4 is 0 Å². The van der Waals surface area contributed by atoms with Crippen molar-refractivity contribution < 1.29 is 57.1 Å². The number of Topliss-reactive ketones (excluding diaryl/α,β-unsaturated/α-hetero) is 1. The molecule has 2 rings (SSSR count). The van der Waals surface area contributed by atoms with E-state index in [-0.39, 0.29) is 12.4 Å². The summed E-state index contributed by atoms with van der Waals surface area (Å²) in [6.45, 7) is 6.32. The summed E-state index contributed by atoms with van der Waals surface area (Å²) in [6.07, 6.45) is -5.07. The van der Waals surface area contributed by atoms with Crippen molar-refractivity contribution in [3.05, 3.63) is 0 Å². The van der Waals surface area contributed by atoms with Gasteiger partial charge in [-0.3, -0.25) is 24.0 Å². The topological polar surface area (TPSA) is 150 Å². The van der Waals surface area contributed by atoms with Gasteiger partial charge in [0.25, 0.3) is 0 Å². The maximum absolute atomic E-state index is 12.9. The van der Waals surface area contributed by atoms with Gasteiger partial charge >= 0.3 is 23.9 Å². The van der Waals surface area contributed by atoms with Crippen LogP contribution in [0.1, 0.15) is 66.7 Å². The Hall–Kier alpha value is -2.09. The average Bonchev–Trinajstić information content (AvgIpc) is 2.80. The van der Waals surface area contributed by atoms with Crippen LogP contribution in [0.4, 0.5) is 0 Å². The van der Waals surface area contributed by atoms with Gasteiger partial charge in [0.05, 0.1) is 0 Å². The van der Waals surface area contributed by atoms with Gasteiger partial charge in [-0.15, -0.1) is 0 Å². The van der Waals surface area contributed by atoms with E-state index < -0.39 is 71.8 Å². The van der Waals surface area contributed by atoms with E-state index in [0.29, 0.717) is 19.3 Å². The summed E-state index contributed by atoms with van der Waals surface area (Å²) in [7, 11) is 0. The van der Waals surface area contributed by atoms with Crippen molar-refractivity contribution in [1.29, 1.82) is 0 Å². The zero-order chi connectivity index (χ0) is 27.8. The highest BCUT2D eigenvalue weighted by molar-refractivity contribution is 9.10. The van der Waals surface area contributed by atoms with Crippen LogP contribution in [0.3, 0.4) is 0 Å². The highest BCUT2D eigenvalue weighted by Gasteiger charge is 2.55. The quantitative estimate of drug-likeness (QED) is 0.149. The van der Waals surface area contributed by atoms with Crippen LogP contribution in [0.25, 0.3) is 0 Å². The first-order chi connectivity index (χ1) is 17.4. The molecule has 0 unspecified atom stereocenters. The molecule has 1 aliphatic heterocycles. The minimum absolute atomic E-state index is 0.120. The summed E-state index contributed by atoms with van der Waals surface area (Å²) < 4.78 is 38.2. The predicted octanol–water partition coefficient (Wildman–Crippen LogP) is 2.12. The number of esters is 4. The van der Waals surface area contributed by atoms with Gasteiger partial charge in [-0.05, 0) is 19.3 Å². The summed E-state index contributed by atoms with van der Waals surface area (Å²) in [5.41, 5.74) is 0. The molecule has 0 N–H and O–H groups in total. The molecular formula is C24H35BrO12. The molecule has 0 aromatic rings. The van der Waals surface area contributed by atoms with Gasteiger partial charge in [0.1, 0.15) is 17.0 Å². The number of carbonyl (C=O) groups is 5. The molecule has 0 spiro atoms. The first-order valence-electron chi connectivity index (χ1n) is 12.2. The molecule has 1 saturated carbocycles. The maximum Gasteiger partial charge on any atom is 0.303 e. The third kappa shape index (κ3) is 8.72. The Bertz CT molecular complexity index is 848. The number of rotatable bonds is 11. The molecule has 1 heterocycles. The Morgan fingerprint density at radius 3 is 2.08 bits per heavy atom. The minimum Gasteiger partial charge on any atom is -0.463 e. The number of halogens is 1. The largest absolute Gasteiger partial charge is 0.463 e. The number of carbonyl (C=O) groups excluding carboxylic acids is 5. The average molecular weight is 595 g/mol. The number of ether oxygens (including phenoxy) is 7. The van der Waals surface area contributed by atoms with Crippen LogP contribution >= 0.6 is 15.9 Å². The normalized spacial score (nSPS) is 30.6. The lowest BCUT2D eigenvalue weighted by molar-refractivity contribution is -0.342. The summed E-state index contributed by atoms with van der Waals surface area (Å²) >= 11 is 3.53. The highest BCUT2D eigenvalue weighted by atomic mass is 79.9. The van der Waals surface area contributed by atoms with E-state index in [1.165, 1.54) is 6.92 Å². The first kappa shape index (κ1) is 31.1. The monoisotopic (exact) mass is 594 g/mol. The van der Waals surface area contributed by atoms with Gasteiger partial charge in [-0.25, -0.2) is 0 Å². The lowest BCUT2D eigenvalue weighted by Crippen LogP contribution is -2.64. The molecule has 0 aromatic heterocycles. The molecule has 37 heavy (non-hydrogen) atoms. The van der Waals surface area contributed by atoms with Gasteiger partial charge in [0.2, 0.25) is 6.29 Å². The third-order valence-electron chi connectivity index (χ3n) is 5.71. The van der Waals surface area contributed by atoms with E-state index in [4.69, 9.17) is 33.2 Å². The van der Waals surface area contributed by atoms with E-state index >= 15 is 0 Å². The summed E-state index contributed by atoms with van der Waals surface area (Å²) in [5.74, 6) is -3.01. The van der Waals surface area contributed by atoms with Gasteiger partial charge in [-0.2, -0.15) is 0 Å². The molecule has 210 valence electrons. The third-order valence-corrected chi connectivity index (χ3v) is 6.92. The molecule has 13 heteroatoms. The van der Waals surface area contributed by atoms with Crippen molar-refractivity contribution in [2.24, 2.45) is 0 Å². The van der Waals surface area contributed by atoms with Crippen LogP contribution in [-0.4, -0.2) is 84.2 Å². The van der Waals surface area contributed by atoms with Crippen LogP contribution in [0.2, 0.25) is 0 Å². The summed E-state index contributed by atoms with van der Waals surface area (Å²) in [5, 5.41) is 0. The summed E-state index contributed by atoms with van der Waals surface area (Å²) in [4.78, 5) is 60.4. The smallest absolute Gasteiger partial charge is 0.303 e. The number of hydrogen-bond acceptors (Lipinski definition) is 12. The van der Waals surface area contributed by atoms with Gasteiger partial charge in [-0.1, -0.05) is 29.3 Å². The Balaban J connectivity index is 2.51. The minimum atomic E-state index is -1.45. The van der Waals surface area contributed by atoms with Crippen molar-refractivity contribution in [2.45, 2.75) is 108 Å². The van der Waals surface area contributed by atoms with E-state index in [1.54, 1.807) is 0 Å². The maximum atomic E-state index is 12.9. The zero-order valence-corrected chi connectivity index (χ0v) is 23.3. The molecule has 2 aliphatic rings. The molecule has 7 atom stereocenters. The molecule has 12 nitrogen and oxygen atoms in total. The fraction of sp³-hybridized carbons (Fsp3) is 0.792. The molecule has 0 aromatic carbocycles. The van der Waals surface area contributed by atoms with Crippen LogP contribution in [0.5, 0.6) is 0 Å². The highest BCUT2D eigenvalue weighted by Crippen LogP contribution is 2.40. The van der Waals surface area contributed by atoms with E-state index in [0.717, 1.165) is 33.6 Å². The fourth-order valence-electron chi connectivity index (χ4n) is 4.19. The Labute approximate surface area is 224 Å². The van der Waals surface area contributed by atoms with E-state index in [1.807, 2.05) is 6.92 Å². The molecule has 1 aliphatic carbocycles. The second kappa shape index (κ2) is 14.2. The Morgan fingerprint density at radius 1 is 0.946 bits per heavy atom. The Morgan fingerprint density at radius 2 is 1.54 bits per heavy atom. The lowest BCUT2D eigenvalue weighted by Gasteiger charge is -2.46. The van der Waals surface area contributed by atoms with Crippen molar-refractivity contribution in [1.82, 2.24) is 0 Å². The second-order valence-electron chi connectivity index (χ2n) is 8.90. The SMILES string of the molecule is CCCO[C@@H](O[C@@H]1O[C@H](COC(C)=O)[C@@H](OC(C)=O)[C@H](OC(C)=O)[C@H]1OC(C)=O)[C@@]1(Br)CCCCC1=O. The molecule has 1 saturated heterocycles. The second-order valence-corrected chi connectivity index (χ2v) is 10.3. The van der Waals surface area contributed by atoms with E-state index in [2.05, 4.69) is 15.9 Å². The first-order valence-corrected chi connectivity index (χ1v) is 13.0. The van der Waals surface area contributed by atoms with Crippen LogP contribution in [0.15, 0.2) is 0 Å². The van der Waals surface area contributed by atoms with Crippen molar-refractivity contribution >= 4 is 45.6 Å². The number of hydrogen-bond donors (Lipinski definition) is 0. The van der Waals surface area contributed by atoms with Crippen LogP contribution in [0, 0.1) is 0 Å². The molecule has 0 radical (unpaired) electrons. The van der Waals surface area contributed by atoms with Crippen molar-refractivity contribution in [3.63, 3.8) is 0 Å². The molecular weight excluding hydrogens is 560 g/mol. The predicted molar refractivity (Wildman–Crippen MR) is 128 cm³/mol. The molecule has 0 bridgehead atoms. The number of alkyl halides is 1.